The number of aliphatic hydroxyl groups is 1. The molecule has 20 heavy (non-hydrogen) atoms. The zero-order valence-corrected chi connectivity index (χ0v) is 10.9. The van der Waals surface area contributed by atoms with Crippen molar-refractivity contribution < 1.29 is 27.5 Å². The molecule has 0 fully saturated rings. The topological polar surface area (TPSA) is 49.3 Å². The average molecular weight is 309 g/mol. The van der Waals surface area contributed by atoms with Crippen LogP contribution in [0.25, 0.3) is 0 Å². The minimum atomic E-state index is -4.27. The second-order valence-corrected chi connectivity index (χ2v) is 4.60. The molecule has 1 heterocycles. The van der Waals surface area contributed by atoms with E-state index in [1.54, 1.807) is 5.32 Å². The summed E-state index contributed by atoms with van der Waals surface area (Å²) in [5.41, 5.74) is 0.307. The molecule has 8 heteroatoms. The molecule has 0 aliphatic carbocycles. The maximum atomic E-state index is 12.7. The van der Waals surface area contributed by atoms with Crippen LogP contribution in [0.4, 0.5) is 17.6 Å². The number of carbonyl (C=O) groups excluding carboxylic acids is 1. The molecule has 2 N–H and O–H groups in total. The van der Waals surface area contributed by atoms with Crippen molar-refractivity contribution in [3.63, 3.8) is 0 Å². The molecule has 3 nitrogen and oxygen atoms in total. The van der Waals surface area contributed by atoms with Gasteiger partial charge in [-0.3, -0.25) is 4.79 Å². The Bertz CT molecular complexity index is 519. The Morgan fingerprint density at radius 2 is 2.20 bits per heavy atom. The lowest BCUT2D eigenvalue weighted by Crippen LogP contribution is -2.41. The summed E-state index contributed by atoms with van der Waals surface area (Å²) in [5.74, 6) is 0.0317. The molecule has 1 rings (SSSR count). The van der Waals surface area contributed by atoms with Crippen LogP contribution in [0.2, 0.25) is 0 Å². The first-order chi connectivity index (χ1) is 9.38. The van der Waals surface area contributed by atoms with Gasteiger partial charge in [0.05, 0.1) is 13.2 Å². The van der Waals surface area contributed by atoms with Gasteiger partial charge in [-0.25, -0.2) is 8.78 Å². The van der Waals surface area contributed by atoms with E-state index in [1.165, 1.54) is 11.4 Å². The minimum absolute atomic E-state index is 0.0699. The first-order valence-electron chi connectivity index (χ1n) is 5.50. The molecule has 1 aromatic rings. The fourth-order valence-corrected chi connectivity index (χ4v) is 1.92. The van der Waals surface area contributed by atoms with E-state index in [1.807, 2.05) is 0 Å². The van der Waals surface area contributed by atoms with Crippen molar-refractivity contribution in [3.8, 4) is 11.8 Å². The zero-order chi connectivity index (χ0) is 15.2. The van der Waals surface area contributed by atoms with Crippen molar-refractivity contribution in [2.45, 2.75) is 18.8 Å². The predicted molar refractivity (Wildman–Crippen MR) is 66.2 cm³/mol. The van der Waals surface area contributed by atoms with Gasteiger partial charge in [-0.15, -0.1) is 11.3 Å². The molecule has 0 radical (unpaired) electrons. The van der Waals surface area contributed by atoms with Crippen LogP contribution >= 0.6 is 11.3 Å². The summed E-state index contributed by atoms with van der Waals surface area (Å²) in [7, 11) is 0. The van der Waals surface area contributed by atoms with E-state index >= 15 is 0 Å². The monoisotopic (exact) mass is 309 g/mol. The molecule has 0 unspecified atom stereocenters. The third-order valence-corrected chi connectivity index (χ3v) is 3.05. The van der Waals surface area contributed by atoms with Crippen molar-refractivity contribution in [2.75, 3.05) is 13.2 Å². The Hall–Kier alpha value is -1.59. The van der Waals surface area contributed by atoms with E-state index in [0.717, 1.165) is 11.3 Å². The number of hydrogen-bond acceptors (Lipinski definition) is 3. The van der Waals surface area contributed by atoms with Gasteiger partial charge >= 0.3 is 12.3 Å². The van der Waals surface area contributed by atoms with Crippen LogP contribution in [0.3, 0.4) is 0 Å². The number of aliphatic hydroxyl groups excluding tert-OH is 1. The Labute approximate surface area is 116 Å². The van der Waals surface area contributed by atoms with Crippen molar-refractivity contribution in [2.24, 2.45) is 0 Å². The summed E-state index contributed by atoms with van der Waals surface area (Å²) in [5, 5.41) is 11.9. The highest BCUT2D eigenvalue weighted by Crippen LogP contribution is 2.22. The van der Waals surface area contributed by atoms with Crippen molar-refractivity contribution in [3.05, 3.63) is 21.9 Å². The van der Waals surface area contributed by atoms with Crippen LogP contribution in [-0.2, 0) is 0 Å². The maximum Gasteiger partial charge on any atom is 0.324 e. The number of halogens is 4. The lowest BCUT2D eigenvalue weighted by Gasteiger charge is -2.15. The van der Waals surface area contributed by atoms with Crippen LogP contribution in [0.5, 0.6) is 0 Å². The number of nitrogens with one attached hydrogen (secondary N) is 1. The molecule has 1 amide bonds. The van der Waals surface area contributed by atoms with Gasteiger partial charge < -0.3 is 10.4 Å². The Morgan fingerprint density at radius 1 is 1.50 bits per heavy atom. The second-order valence-electron chi connectivity index (χ2n) is 3.68. The van der Waals surface area contributed by atoms with Gasteiger partial charge in [0, 0.05) is 12.0 Å². The van der Waals surface area contributed by atoms with Crippen LogP contribution in [0.1, 0.15) is 21.7 Å². The van der Waals surface area contributed by atoms with E-state index in [2.05, 4.69) is 11.8 Å². The number of thiophene rings is 1. The van der Waals surface area contributed by atoms with Crippen molar-refractivity contribution >= 4 is 17.2 Å². The molecule has 0 aliphatic rings. The second kappa shape index (κ2) is 7.26. The van der Waals surface area contributed by atoms with Crippen LogP contribution in [0.15, 0.2) is 11.4 Å². The molecule has 0 aromatic carbocycles. The van der Waals surface area contributed by atoms with Gasteiger partial charge in [0.1, 0.15) is 4.88 Å². The predicted octanol–water partition coefficient (Wildman–Crippen LogP) is 2.11. The van der Waals surface area contributed by atoms with Gasteiger partial charge in [-0.1, -0.05) is 11.8 Å². The van der Waals surface area contributed by atoms with Crippen molar-refractivity contribution in [1.82, 2.24) is 5.32 Å². The molecular formula is C12H11F4NO2S. The molecule has 0 spiro atoms. The van der Waals surface area contributed by atoms with Gasteiger partial charge in [0.25, 0.3) is 5.91 Å². The molecule has 0 atom stereocenters. The fourth-order valence-electron chi connectivity index (χ4n) is 1.15. The van der Waals surface area contributed by atoms with Crippen LogP contribution in [0, 0.1) is 11.8 Å². The smallest absolute Gasteiger partial charge is 0.324 e. The standard InChI is InChI=1S/C12H11F4NO2S/c13-11(14)12(15,16)7-17-10(19)9-8(4-6-20-9)3-1-2-5-18/h4,6,11,18H,2,5,7H2,(H,17,19). The molecule has 0 saturated heterocycles. The SMILES string of the molecule is O=C(NCC(F)(F)C(F)F)c1sccc1C#CCCO. The fraction of sp³-hybridized carbons (Fsp3) is 0.417. The number of hydrogen-bond donors (Lipinski definition) is 2. The lowest BCUT2D eigenvalue weighted by molar-refractivity contribution is -0.123. The van der Waals surface area contributed by atoms with Gasteiger partial charge in [0.15, 0.2) is 0 Å². The maximum absolute atomic E-state index is 12.7. The first kappa shape index (κ1) is 16.5. The summed E-state index contributed by atoms with van der Waals surface area (Å²) in [6.45, 7) is -1.58. The number of amides is 1. The van der Waals surface area contributed by atoms with Gasteiger partial charge in [0.2, 0.25) is 0 Å². The molecule has 1 aromatic heterocycles. The summed E-state index contributed by atoms with van der Waals surface area (Å²) in [6.07, 6.45) is -3.63. The van der Waals surface area contributed by atoms with Crippen LogP contribution in [-0.4, -0.2) is 36.5 Å². The normalized spacial score (nSPS) is 11.1. The Morgan fingerprint density at radius 3 is 2.80 bits per heavy atom. The summed E-state index contributed by atoms with van der Waals surface area (Å²) in [4.78, 5) is 11.7. The number of alkyl halides is 4. The first-order valence-corrected chi connectivity index (χ1v) is 6.38. The number of carbonyl (C=O) groups is 1. The third kappa shape index (κ3) is 4.51. The minimum Gasteiger partial charge on any atom is -0.395 e. The zero-order valence-electron chi connectivity index (χ0n) is 10.1. The van der Waals surface area contributed by atoms with Gasteiger partial charge in [-0.2, -0.15) is 8.78 Å². The van der Waals surface area contributed by atoms with E-state index in [4.69, 9.17) is 5.11 Å². The highest BCUT2D eigenvalue weighted by molar-refractivity contribution is 7.12. The summed E-state index contributed by atoms with van der Waals surface area (Å²) in [6, 6.07) is 1.51. The van der Waals surface area contributed by atoms with Crippen molar-refractivity contribution in [1.29, 1.82) is 0 Å². The van der Waals surface area contributed by atoms with E-state index in [-0.39, 0.29) is 17.9 Å². The molecule has 0 aliphatic heterocycles. The molecule has 0 saturated carbocycles. The summed E-state index contributed by atoms with van der Waals surface area (Å²) < 4.78 is 49.3. The van der Waals surface area contributed by atoms with Gasteiger partial charge in [-0.05, 0) is 11.4 Å². The highest BCUT2D eigenvalue weighted by atomic mass is 32.1. The highest BCUT2D eigenvalue weighted by Gasteiger charge is 2.41. The van der Waals surface area contributed by atoms with E-state index < -0.39 is 24.8 Å². The van der Waals surface area contributed by atoms with Crippen LogP contribution < -0.4 is 5.32 Å². The molecular weight excluding hydrogens is 298 g/mol. The number of rotatable bonds is 5. The van der Waals surface area contributed by atoms with E-state index in [0.29, 0.717) is 5.56 Å². The molecule has 110 valence electrons. The van der Waals surface area contributed by atoms with E-state index in [9.17, 15) is 22.4 Å². The largest absolute Gasteiger partial charge is 0.395 e. The Kier molecular flexibility index (Phi) is 5.98. The average Bonchev–Trinajstić information content (AvgIpc) is 2.84. The Balaban J connectivity index is 2.70. The lowest BCUT2D eigenvalue weighted by atomic mass is 10.2. The summed E-state index contributed by atoms with van der Waals surface area (Å²) >= 11 is 0.965. The molecule has 0 bridgehead atoms. The third-order valence-electron chi connectivity index (χ3n) is 2.14. The quantitative estimate of drug-likeness (QED) is 0.646.